The number of carbonyl (C=O) groups excluding carboxylic acids is 2. The fraction of sp³-hybridized carbons (Fsp3) is 0.308. The van der Waals surface area contributed by atoms with Gasteiger partial charge in [-0.2, -0.15) is 0 Å². The van der Waals surface area contributed by atoms with Crippen molar-refractivity contribution in [1.29, 1.82) is 0 Å². The molecule has 0 saturated carbocycles. The normalized spacial score (nSPS) is 9.47. The van der Waals surface area contributed by atoms with Gasteiger partial charge in [-0.15, -0.1) is 0 Å². The molecule has 0 fully saturated rings. The van der Waals surface area contributed by atoms with E-state index in [1.807, 2.05) is 62.4 Å². The van der Waals surface area contributed by atoms with Crippen LogP contribution in [0.15, 0.2) is 73.8 Å². The van der Waals surface area contributed by atoms with Gasteiger partial charge < -0.3 is 10.6 Å². The van der Waals surface area contributed by atoms with Crippen LogP contribution in [0, 0.1) is 0 Å². The number of hydrogen-bond donors (Lipinski definition) is 2. The monoisotopic (exact) mass is 408 g/mol. The van der Waals surface area contributed by atoms with Gasteiger partial charge in [0.1, 0.15) is 0 Å². The maximum Gasteiger partial charge on any atom is 0.247 e. The van der Waals surface area contributed by atoms with E-state index in [0.717, 1.165) is 11.4 Å². The molecule has 0 bridgehead atoms. The molecule has 162 valence electrons. The summed E-state index contributed by atoms with van der Waals surface area (Å²) in [5.41, 5.74) is 4.11. The SMILES string of the molecule is C=CC(=O)Nc1ccc(C(C)C)cc1.C=CC(=O)Nc1cccc(C(C)C)c1.CC. The molecule has 0 unspecified atom stereocenters. The molecule has 2 rings (SSSR count). The molecule has 0 saturated heterocycles. The second kappa shape index (κ2) is 14.8. The molecule has 4 nitrogen and oxygen atoms in total. The van der Waals surface area contributed by atoms with Crippen molar-refractivity contribution >= 4 is 23.2 Å². The number of anilines is 2. The molecule has 0 aliphatic heterocycles. The highest BCUT2D eigenvalue weighted by Crippen LogP contribution is 2.18. The van der Waals surface area contributed by atoms with E-state index in [4.69, 9.17) is 0 Å². The summed E-state index contributed by atoms with van der Waals surface area (Å²) in [6, 6.07) is 15.7. The highest BCUT2D eigenvalue weighted by Gasteiger charge is 2.01. The number of amides is 2. The molecule has 0 aromatic heterocycles. The third-order valence-corrected chi connectivity index (χ3v) is 4.04. The lowest BCUT2D eigenvalue weighted by atomic mass is 10.0. The number of nitrogens with one attached hydrogen (secondary N) is 2. The molecule has 0 heterocycles. The van der Waals surface area contributed by atoms with Gasteiger partial charge in [-0.05, 0) is 59.4 Å². The average Bonchev–Trinajstić information content (AvgIpc) is 2.76. The first-order chi connectivity index (χ1) is 14.3. The quantitative estimate of drug-likeness (QED) is 0.511. The van der Waals surface area contributed by atoms with Crippen LogP contribution in [0.5, 0.6) is 0 Å². The van der Waals surface area contributed by atoms with Crippen LogP contribution in [-0.2, 0) is 9.59 Å². The standard InChI is InChI=1S/2C12H15NO.C2H6/c1-4-12(14)13-11-7-5-10(6-8-11)9(2)3;1-4-12(14)13-11-7-5-6-10(8-11)9(2)3;1-2/h2*4-9H,1H2,2-3H3,(H,13,14);1-2H3. The van der Waals surface area contributed by atoms with Crippen LogP contribution in [-0.4, -0.2) is 11.8 Å². The third-order valence-electron chi connectivity index (χ3n) is 4.04. The van der Waals surface area contributed by atoms with E-state index in [1.54, 1.807) is 0 Å². The minimum atomic E-state index is -0.178. The van der Waals surface area contributed by atoms with Crippen LogP contribution in [0.4, 0.5) is 11.4 Å². The van der Waals surface area contributed by atoms with E-state index in [1.165, 1.54) is 23.3 Å². The van der Waals surface area contributed by atoms with Crippen LogP contribution in [0.2, 0.25) is 0 Å². The maximum atomic E-state index is 11.0. The van der Waals surface area contributed by atoms with Gasteiger partial charge >= 0.3 is 0 Å². The first-order valence-electron chi connectivity index (χ1n) is 10.3. The van der Waals surface area contributed by atoms with Gasteiger partial charge in [-0.1, -0.05) is 79.0 Å². The predicted molar refractivity (Wildman–Crippen MR) is 130 cm³/mol. The van der Waals surface area contributed by atoms with Crippen LogP contribution in [0.3, 0.4) is 0 Å². The molecule has 2 aromatic rings. The fourth-order valence-corrected chi connectivity index (χ4v) is 2.31. The number of rotatable bonds is 6. The van der Waals surface area contributed by atoms with E-state index < -0.39 is 0 Å². The van der Waals surface area contributed by atoms with Gasteiger partial charge in [0.05, 0.1) is 0 Å². The van der Waals surface area contributed by atoms with Crippen LogP contribution >= 0.6 is 0 Å². The highest BCUT2D eigenvalue weighted by molar-refractivity contribution is 5.99. The van der Waals surface area contributed by atoms with E-state index >= 15 is 0 Å². The van der Waals surface area contributed by atoms with Gasteiger partial charge in [0.25, 0.3) is 0 Å². The molecule has 4 heteroatoms. The van der Waals surface area contributed by atoms with Crippen molar-refractivity contribution in [2.45, 2.75) is 53.4 Å². The highest BCUT2D eigenvalue weighted by atomic mass is 16.2. The first-order valence-corrected chi connectivity index (χ1v) is 10.3. The van der Waals surface area contributed by atoms with Gasteiger partial charge in [-0.25, -0.2) is 0 Å². The molecule has 0 aliphatic rings. The Kier molecular flexibility index (Phi) is 13.3. The summed E-state index contributed by atoms with van der Waals surface area (Å²) in [6.07, 6.45) is 2.53. The van der Waals surface area contributed by atoms with Crippen molar-refractivity contribution in [3.05, 3.63) is 85.0 Å². The third kappa shape index (κ3) is 10.4. The summed E-state index contributed by atoms with van der Waals surface area (Å²) in [4.78, 5) is 22.0. The van der Waals surface area contributed by atoms with Gasteiger partial charge in [-0.3, -0.25) is 9.59 Å². The van der Waals surface area contributed by atoms with E-state index in [9.17, 15) is 9.59 Å². The smallest absolute Gasteiger partial charge is 0.247 e. The lowest BCUT2D eigenvalue weighted by Gasteiger charge is -2.08. The molecule has 2 amide bonds. The second-order valence-corrected chi connectivity index (χ2v) is 6.94. The largest absolute Gasteiger partial charge is 0.323 e. The van der Waals surface area contributed by atoms with Gasteiger partial charge in [0, 0.05) is 11.4 Å². The summed E-state index contributed by atoms with van der Waals surface area (Å²) >= 11 is 0. The molecular formula is C26H36N2O2. The lowest BCUT2D eigenvalue weighted by Crippen LogP contribution is -2.07. The molecule has 0 radical (unpaired) electrons. The number of benzene rings is 2. The van der Waals surface area contributed by atoms with E-state index in [2.05, 4.69) is 51.5 Å². The minimum absolute atomic E-state index is 0.175. The molecule has 30 heavy (non-hydrogen) atoms. The van der Waals surface area contributed by atoms with Crippen LogP contribution in [0.1, 0.15) is 64.5 Å². The van der Waals surface area contributed by atoms with Crippen LogP contribution in [0.25, 0.3) is 0 Å². The Hall–Kier alpha value is -3.14. The predicted octanol–water partition coefficient (Wildman–Crippen LogP) is 6.90. The lowest BCUT2D eigenvalue weighted by molar-refractivity contribution is -0.112. The van der Waals surface area contributed by atoms with E-state index in [0.29, 0.717) is 11.8 Å². The summed E-state index contributed by atoms with van der Waals surface area (Å²) in [7, 11) is 0. The molecule has 0 atom stereocenters. The fourth-order valence-electron chi connectivity index (χ4n) is 2.31. The summed E-state index contributed by atoms with van der Waals surface area (Å²) in [6.45, 7) is 19.3. The molecule has 2 aromatic carbocycles. The topological polar surface area (TPSA) is 58.2 Å². The van der Waals surface area contributed by atoms with Crippen molar-refractivity contribution in [3.8, 4) is 0 Å². The molecule has 0 spiro atoms. The van der Waals surface area contributed by atoms with Crippen molar-refractivity contribution in [1.82, 2.24) is 0 Å². The van der Waals surface area contributed by atoms with E-state index in [-0.39, 0.29) is 11.8 Å². The Balaban J connectivity index is 0.000000518. The average molecular weight is 409 g/mol. The second-order valence-electron chi connectivity index (χ2n) is 6.94. The first kappa shape index (κ1) is 26.9. The minimum Gasteiger partial charge on any atom is -0.323 e. The van der Waals surface area contributed by atoms with Crippen molar-refractivity contribution in [2.24, 2.45) is 0 Å². The molecular weight excluding hydrogens is 372 g/mol. The van der Waals surface area contributed by atoms with Crippen molar-refractivity contribution < 1.29 is 9.59 Å². The van der Waals surface area contributed by atoms with Gasteiger partial charge in [0.2, 0.25) is 11.8 Å². The Morgan fingerprint density at radius 3 is 1.63 bits per heavy atom. The van der Waals surface area contributed by atoms with Crippen molar-refractivity contribution in [3.63, 3.8) is 0 Å². The Morgan fingerprint density at radius 1 is 0.733 bits per heavy atom. The summed E-state index contributed by atoms with van der Waals surface area (Å²) in [5, 5.41) is 5.43. The summed E-state index contributed by atoms with van der Waals surface area (Å²) < 4.78 is 0. The summed E-state index contributed by atoms with van der Waals surface area (Å²) in [5.74, 6) is 0.628. The Labute approximate surface area is 182 Å². The number of hydrogen-bond acceptors (Lipinski definition) is 2. The Bertz CT molecular complexity index is 806. The zero-order valence-electron chi connectivity index (χ0n) is 19.2. The van der Waals surface area contributed by atoms with Crippen LogP contribution < -0.4 is 10.6 Å². The Morgan fingerprint density at radius 2 is 1.20 bits per heavy atom. The van der Waals surface area contributed by atoms with Crippen molar-refractivity contribution in [2.75, 3.05) is 10.6 Å². The molecule has 0 aliphatic carbocycles. The molecule has 2 N–H and O–H groups in total. The maximum absolute atomic E-state index is 11.0. The zero-order chi connectivity index (χ0) is 23.1. The zero-order valence-corrected chi connectivity index (χ0v) is 19.2. The number of carbonyl (C=O) groups is 2. The van der Waals surface area contributed by atoms with Gasteiger partial charge in [0.15, 0.2) is 0 Å².